The summed E-state index contributed by atoms with van der Waals surface area (Å²) < 4.78 is 12.1. The Hall–Kier alpha value is -1.01. The van der Waals surface area contributed by atoms with Gasteiger partial charge in [-0.25, -0.2) is 0 Å². The second kappa shape index (κ2) is 5.89. The van der Waals surface area contributed by atoms with Crippen LogP contribution in [0.25, 0.3) is 6.08 Å². The maximum atomic E-state index is 6.37. The molecular weight excluding hydrogens is 298 g/mol. The third-order valence-corrected chi connectivity index (χ3v) is 5.09. The third kappa shape index (κ3) is 3.04. The molecule has 4 N–H and O–H groups in total. The summed E-state index contributed by atoms with van der Waals surface area (Å²) in [5, 5.41) is 0.627. The van der Waals surface area contributed by atoms with Crippen molar-refractivity contribution in [3.05, 3.63) is 33.8 Å². The highest BCUT2D eigenvalue weighted by atomic mass is 35.5. The van der Waals surface area contributed by atoms with Gasteiger partial charge < -0.3 is 20.8 Å². The summed E-state index contributed by atoms with van der Waals surface area (Å²) in [5.41, 5.74) is 14.2. The zero-order chi connectivity index (χ0) is 16.7. The third-order valence-electron chi connectivity index (χ3n) is 4.59. The lowest BCUT2D eigenvalue weighted by Crippen LogP contribution is -2.41. The maximum absolute atomic E-state index is 6.37. The molecule has 2 rings (SSSR count). The first kappa shape index (κ1) is 17.4. The quantitative estimate of drug-likeness (QED) is 0.662. The average molecular weight is 323 g/mol. The molecule has 120 valence electrons. The van der Waals surface area contributed by atoms with Gasteiger partial charge in [0.2, 0.25) is 0 Å². The summed E-state index contributed by atoms with van der Waals surface area (Å²) in [6, 6.07) is 3.72. The molecule has 0 spiro atoms. The van der Waals surface area contributed by atoms with E-state index >= 15 is 0 Å². The fourth-order valence-corrected chi connectivity index (χ4v) is 2.48. The molecule has 0 aliphatic carbocycles. The van der Waals surface area contributed by atoms with Crippen LogP contribution in [0.4, 0.5) is 5.69 Å². The van der Waals surface area contributed by atoms with Crippen molar-refractivity contribution in [2.45, 2.75) is 45.8 Å². The molecule has 1 fully saturated rings. The molecule has 1 saturated heterocycles. The highest BCUT2D eigenvalue weighted by Crippen LogP contribution is 2.39. The fourth-order valence-electron chi connectivity index (χ4n) is 2.25. The van der Waals surface area contributed by atoms with Crippen molar-refractivity contribution in [3.63, 3.8) is 0 Å². The first-order valence-electron chi connectivity index (χ1n) is 7.40. The van der Waals surface area contributed by atoms with Gasteiger partial charge in [0, 0.05) is 12.2 Å². The predicted octanol–water partition coefficient (Wildman–Crippen LogP) is 3.20. The lowest BCUT2D eigenvalue weighted by Gasteiger charge is -2.32. The van der Waals surface area contributed by atoms with Crippen molar-refractivity contribution >= 4 is 30.5 Å². The van der Waals surface area contributed by atoms with E-state index in [-0.39, 0.29) is 0 Å². The summed E-state index contributed by atoms with van der Waals surface area (Å²) in [4.78, 5) is 0. The van der Waals surface area contributed by atoms with Gasteiger partial charge in [0.15, 0.2) is 0 Å². The molecule has 1 aromatic carbocycles. The van der Waals surface area contributed by atoms with Crippen LogP contribution in [0.2, 0.25) is 5.02 Å². The molecule has 1 aliphatic heterocycles. The highest BCUT2D eigenvalue weighted by Gasteiger charge is 2.52. The fraction of sp³-hybridized carbons (Fsp3) is 0.500. The number of anilines is 1. The Kier molecular flexibility index (Phi) is 4.65. The molecule has 22 heavy (non-hydrogen) atoms. The van der Waals surface area contributed by atoms with Crippen LogP contribution in [0, 0.1) is 6.92 Å². The van der Waals surface area contributed by atoms with Crippen molar-refractivity contribution in [1.29, 1.82) is 0 Å². The molecule has 0 bridgehead atoms. The van der Waals surface area contributed by atoms with Gasteiger partial charge in [-0.15, -0.1) is 0 Å². The molecule has 0 aromatic heterocycles. The summed E-state index contributed by atoms with van der Waals surface area (Å²) in [6.07, 6.45) is 1.93. The van der Waals surface area contributed by atoms with E-state index in [2.05, 4.69) is 0 Å². The lowest BCUT2D eigenvalue weighted by molar-refractivity contribution is 0.00578. The SMILES string of the molecule is Cc1c(N)ccc(C=C(CN)B2OC(C)(C)C(C)(C)O2)c1Cl. The van der Waals surface area contributed by atoms with Gasteiger partial charge in [0.25, 0.3) is 0 Å². The van der Waals surface area contributed by atoms with Crippen molar-refractivity contribution in [2.75, 3.05) is 12.3 Å². The van der Waals surface area contributed by atoms with Gasteiger partial charge in [0.1, 0.15) is 0 Å². The van der Waals surface area contributed by atoms with Gasteiger partial charge in [-0.2, -0.15) is 0 Å². The van der Waals surface area contributed by atoms with Crippen molar-refractivity contribution in [3.8, 4) is 0 Å². The van der Waals surface area contributed by atoms with Crippen LogP contribution in [-0.4, -0.2) is 24.9 Å². The van der Waals surface area contributed by atoms with E-state index in [9.17, 15) is 0 Å². The number of hydrogen-bond acceptors (Lipinski definition) is 4. The number of halogens is 1. The summed E-state index contributed by atoms with van der Waals surface area (Å²) >= 11 is 6.37. The summed E-state index contributed by atoms with van der Waals surface area (Å²) in [6.45, 7) is 10.3. The van der Waals surface area contributed by atoms with Crippen LogP contribution in [-0.2, 0) is 9.31 Å². The maximum Gasteiger partial charge on any atom is 0.491 e. The smallest absolute Gasteiger partial charge is 0.400 e. The Balaban J connectivity index is 2.36. The van der Waals surface area contributed by atoms with Crippen LogP contribution in [0.5, 0.6) is 0 Å². The lowest BCUT2D eigenvalue weighted by atomic mass is 9.77. The Bertz CT molecular complexity index is 598. The normalized spacial score (nSPS) is 20.5. The van der Waals surface area contributed by atoms with Crippen molar-refractivity contribution < 1.29 is 9.31 Å². The molecule has 6 heteroatoms. The second-order valence-electron chi connectivity index (χ2n) is 6.69. The number of hydrogen-bond donors (Lipinski definition) is 2. The zero-order valence-corrected chi connectivity index (χ0v) is 14.6. The summed E-state index contributed by atoms with van der Waals surface area (Å²) in [7, 11) is -0.469. The summed E-state index contributed by atoms with van der Waals surface area (Å²) in [5.74, 6) is 0. The van der Waals surface area contributed by atoms with Gasteiger partial charge >= 0.3 is 7.12 Å². The minimum atomic E-state index is -0.469. The number of benzene rings is 1. The van der Waals surface area contributed by atoms with E-state index in [1.165, 1.54) is 0 Å². The van der Waals surface area contributed by atoms with E-state index in [1.54, 1.807) is 0 Å². The standard InChI is InChI=1S/C16H24BClN2O2/c1-10-13(20)7-6-11(14(10)18)8-12(9-19)17-21-15(2,3)16(4,5)22-17/h6-8H,9,19-20H2,1-5H3. The largest absolute Gasteiger partial charge is 0.491 e. The Morgan fingerprint density at radius 1 is 1.23 bits per heavy atom. The Morgan fingerprint density at radius 3 is 2.27 bits per heavy atom. The first-order chi connectivity index (χ1) is 10.1. The minimum Gasteiger partial charge on any atom is -0.400 e. The molecule has 1 heterocycles. The molecule has 0 radical (unpaired) electrons. The van der Waals surface area contributed by atoms with Crippen LogP contribution in [0.1, 0.15) is 38.8 Å². The van der Waals surface area contributed by atoms with E-state index in [4.69, 9.17) is 32.4 Å². The number of nitrogens with two attached hydrogens (primary N) is 2. The van der Waals surface area contributed by atoms with Gasteiger partial charge in [0.05, 0.1) is 16.2 Å². The molecule has 0 unspecified atom stereocenters. The van der Waals surface area contributed by atoms with Gasteiger partial charge in [-0.3, -0.25) is 0 Å². The van der Waals surface area contributed by atoms with Crippen LogP contribution in [0.3, 0.4) is 0 Å². The first-order valence-corrected chi connectivity index (χ1v) is 7.77. The molecule has 1 aliphatic rings. The monoisotopic (exact) mass is 322 g/mol. The topological polar surface area (TPSA) is 70.5 Å². The predicted molar refractivity (Wildman–Crippen MR) is 93.7 cm³/mol. The Morgan fingerprint density at radius 2 is 1.77 bits per heavy atom. The van der Waals surface area contributed by atoms with E-state index in [0.29, 0.717) is 17.3 Å². The molecule has 1 aromatic rings. The molecule has 4 nitrogen and oxygen atoms in total. The van der Waals surface area contributed by atoms with Crippen LogP contribution in [0.15, 0.2) is 17.6 Å². The van der Waals surface area contributed by atoms with Crippen molar-refractivity contribution in [2.24, 2.45) is 5.73 Å². The van der Waals surface area contributed by atoms with Gasteiger partial charge in [-0.1, -0.05) is 23.7 Å². The highest BCUT2D eigenvalue weighted by molar-refractivity contribution is 6.56. The van der Waals surface area contributed by atoms with E-state index < -0.39 is 18.3 Å². The zero-order valence-electron chi connectivity index (χ0n) is 13.9. The second-order valence-corrected chi connectivity index (χ2v) is 7.07. The number of rotatable bonds is 3. The van der Waals surface area contributed by atoms with E-state index in [0.717, 1.165) is 16.6 Å². The van der Waals surface area contributed by atoms with Gasteiger partial charge in [-0.05, 0) is 57.3 Å². The van der Waals surface area contributed by atoms with E-state index in [1.807, 2.05) is 52.8 Å². The minimum absolute atomic E-state index is 0.330. The molecule has 0 amide bonds. The number of nitrogen functional groups attached to an aromatic ring is 1. The molecule has 0 saturated carbocycles. The average Bonchev–Trinajstić information content (AvgIpc) is 2.64. The van der Waals surface area contributed by atoms with Crippen molar-refractivity contribution in [1.82, 2.24) is 0 Å². The van der Waals surface area contributed by atoms with Crippen LogP contribution >= 0.6 is 11.6 Å². The molecule has 0 atom stereocenters. The Labute approximate surface area is 137 Å². The molecular formula is C16H24BClN2O2. The van der Waals surface area contributed by atoms with Crippen LogP contribution < -0.4 is 11.5 Å².